The Morgan fingerprint density at radius 3 is 0.963 bits per heavy atom. The number of benzene rings is 10. The van der Waals surface area contributed by atoms with Crippen molar-refractivity contribution >= 4 is 469 Å². The predicted molar refractivity (Wildman–Crippen MR) is 667 cm³/mol. The molecular weight excluding hydrogens is 2580 g/mol. The third-order valence-corrected chi connectivity index (χ3v) is 109. The van der Waals surface area contributed by atoms with Gasteiger partial charge in [0.1, 0.15) is 5.00 Å². The van der Waals surface area contributed by atoms with Gasteiger partial charge in [-0.1, -0.05) is 195 Å². The quantitative estimate of drug-likeness (QED) is 0.157. The first-order chi connectivity index (χ1) is 64.2. The molecule has 53 heteroatoms. The number of thiophene rings is 4. The van der Waals surface area contributed by atoms with Crippen LogP contribution in [0.2, 0.25) is 0 Å². The van der Waals surface area contributed by atoms with E-state index < -0.39 is 39.3 Å². The Bertz CT molecular complexity index is 8440. The fourth-order valence-corrected chi connectivity index (χ4v) is 93.0. The van der Waals surface area contributed by atoms with Gasteiger partial charge in [-0.25, -0.2) is 33.7 Å². The number of para-hydroxylation sites is 6. The summed E-state index contributed by atoms with van der Waals surface area (Å²) in [4.78, 5) is 5.17. The second kappa shape index (κ2) is 49.3. The largest absolute Gasteiger partial charge is 0.355 e. The second-order valence-corrected chi connectivity index (χ2v) is 103. The zero-order valence-corrected chi connectivity index (χ0v) is 107. The molecule has 0 amide bonds. The summed E-state index contributed by atoms with van der Waals surface area (Å²) in [5.74, 6) is 0. The highest BCUT2D eigenvalue weighted by atomic mass is 79.9. The summed E-state index contributed by atoms with van der Waals surface area (Å²) in [5, 5.41) is 4.57. The standard InChI is InChI=1S/C48H36N2O4S4.C18H8Br2O4S4.C15H15N.H9P7.S19.S6/c1-47(2)30-15-5-9-19-34(30)49(35-20-10-6-16-31(35)47)44-45-39(56-46(44)50-36-21-11-7-17-32(36)48(3,4)33-18-8-12-22-37(33)50)28-38(55-45)29-25-26-42-43(27-29)58(53,54)41-24-14-13-23-40(41)57(42,51)52;19-16-17-11(26-18(16)20)8-10(25-17)9-5-6-14-15(7-9)28(23,24)13-4-2-1-3-12(13)27(14,21)22;1-15(2)11-7-3-5-9-13(11)16-14-10-6-4-8-12(14)15;1-5-7(4)6(2)3;1-3-5-7-9-11-13-15-17-19-18-16-14-12-10-8-6-4-2;1-3-5-6-4-2/h5-28H,1-4H3;1-8H;3-10,16H,1-2H3;5H,1-4H2;;. The second-order valence-electron chi connectivity index (χ2n) is 29.4. The molecule has 702 valence electrons. The van der Waals surface area contributed by atoms with E-state index in [1.165, 1.54) is 164 Å². The van der Waals surface area contributed by atoms with Gasteiger partial charge in [0, 0.05) is 273 Å². The summed E-state index contributed by atoms with van der Waals surface area (Å²) in [5.41, 5.74) is 16.5. The fourth-order valence-electron chi connectivity index (χ4n) is 15.4. The molecule has 0 aliphatic carbocycles. The van der Waals surface area contributed by atoms with E-state index in [2.05, 4.69) is 298 Å². The van der Waals surface area contributed by atoms with Crippen LogP contribution in [0.15, 0.2) is 290 Å². The lowest BCUT2D eigenvalue weighted by Gasteiger charge is -2.44. The van der Waals surface area contributed by atoms with Gasteiger partial charge >= 0.3 is 0 Å². The van der Waals surface area contributed by atoms with Gasteiger partial charge in [0.15, 0.2) is 0 Å². The highest BCUT2D eigenvalue weighted by molar-refractivity contribution is 9.13. The third-order valence-electron chi connectivity index (χ3n) is 21.1. The van der Waals surface area contributed by atoms with Crippen molar-refractivity contribution in [2.75, 3.05) is 15.1 Å². The predicted octanol–water partition coefficient (Wildman–Crippen LogP) is 26.6. The summed E-state index contributed by atoms with van der Waals surface area (Å²) in [6.07, 6.45) is 0. The number of nitrogens with zero attached hydrogens (tertiary/aromatic N) is 2. The summed E-state index contributed by atoms with van der Waals surface area (Å²) in [6.45, 7) is 14.2. The zero-order chi connectivity index (χ0) is 95.7. The van der Waals surface area contributed by atoms with E-state index in [-0.39, 0.29) is 69.4 Å². The molecule has 9 heterocycles. The molecule has 0 spiro atoms. The summed E-state index contributed by atoms with van der Waals surface area (Å²) in [6, 6.07) is 76.7. The minimum absolute atomic E-state index is 0.0818. The number of nitrogens with one attached hydrogen (secondary N) is 1. The maximum absolute atomic E-state index is 14.0. The van der Waals surface area contributed by atoms with Gasteiger partial charge in [0.25, 0.3) is 0 Å². The first-order valence-corrected chi connectivity index (χ1v) is 91.2. The molecule has 0 saturated heterocycles. The first-order valence-electron chi connectivity index (χ1n) is 37.9. The first kappa shape index (κ1) is 110. The average Bonchev–Trinajstić information content (AvgIpc) is 1.38. The molecule has 0 saturated carbocycles. The van der Waals surface area contributed by atoms with Crippen LogP contribution in [0.25, 0.3) is 39.7 Å². The molecule has 11 nitrogen and oxygen atoms in total. The Hall–Kier alpha value is 0.190. The minimum atomic E-state index is -4.10. The number of rotatable bonds is 6. The molecule has 6 unspecified atom stereocenters. The molecule has 134 heavy (non-hydrogen) atoms. The number of sulfone groups is 4. The smallest absolute Gasteiger partial charge is 0.209 e. The Labute approximate surface area is 905 Å². The van der Waals surface area contributed by atoms with Gasteiger partial charge in [-0.2, -0.15) is 0 Å². The zero-order valence-electron chi connectivity index (χ0n) is 69.2. The molecule has 0 fully saturated rings. The van der Waals surface area contributed by atoms with Crippen molar-refractivity contribution in [2.45, 2.75) is 97.0 Å². The van der Waals surface area contributed by atoms with Crippen molar-refractivity contribution in [2.24, 2.45) is 0 Å². The average molecular weight is 2650 g/mol. The molecule has 0 bridgehead atoms. The number of hydrogen-bond donors (Lipinski definition) is 1. The van der Waals surface area contributed by atoms with Crippen molar-refractivity contribution in [1.82, 2.24) is 0 Å². The van der Waals surface area contributed by atoms with Crippen LogP contribution in [0.1, 0.15) is 74.9 Å². The van der Waals surface area contributed by atoms with Crippen molar-refractivity contribution in [3.63, 3.8) is 0 Å². The lowest BCUT2D eigenvalue weighted by Crippen LogP contribution is -2.32. The highest BCUT2D eigenvalue weighted by Crippen LogP contribution is 2.92. The summed E-state index contributed by atoms with van der Waals surface area (Å²) >= 11 is 32.0. The van der Waals surface area contributed by atoms with Crippen LogP contribution in [0, 0.1) is 0 Å². The topological polar surface area (TPSA) is 155 Å². The Morgan fingerprint density at radius 2 is 0.627 bits per heavy atom. The molecule has 6 atom stereocenters. The van der Waals surface area contributed by atoms with E-state index in [1.807, 2.05) is 6.07 Å². The molecule has 5 aliphatic rings. The van der Waals surface area contributed by atoms with Crippen molar-refractivity contribution < 1.29 is 33.7 Å². The number of fused-ring (bicyclic) bond motifs is 12. The van der Waals surface area contributed by atoms with Crippen molar-refractivity contribution in [3.05, 3.63) is 284 Å². The van der Waals surface area contributed by atoms with Gasteiger partial charge in [0.05, 0.1) is 90.0 Å². The van der Waals surface area contributed by atoms with E-state index in [0.29, 0.717) is 11.1 Å². The van der Waals surface area contributed by atoms with Gasteiger partial charge in [-0.05, 0) is 187 Å². The van der Waals surface area contributed by atoms with Gasteiger partial charge in [-0.3, -0.25) is 4.90 Å². The van der Waals surface area contributed by atoms with Gasteiger partial charge < -0.3 is 10.2 Å². The van der Waals surface area contributed by atoms with E-state index in [9.17, 15) is 33.7 Å². The number of halogens is 2. The molecular formula is C81H68Br2N3O8P7S33. The SMILES string of the molecule is CC1(C)c2ccccc2N(c2sc3cc(-c4ccc5c(c4)S(=O)(=O)c4ccccc4S5(=O)=O)sc3c2N2c3ccccc3C(C)(C)c3ccccc32)c2ccccc21.CC1(C)c2ccccc2Nc2ccccc21.O=S1(=O)c2ccccc2S(=O)(=O)c2cc(-c3cc4sc(Br)c(Br)c4s3)ccc21.PPP(P)P(P)P.S=S=S=S=S=S.S=S=S=S=S=S=S=S=S=S=S=S=S=S=S=S=S=S=S. The molecule has 19 rings (SSSR count). The molecule has 4 aromatic heterocycles. The Morgan fingerprint density at radius 1 is 0.343 bits per heavy atom. The van der Waals surface area contributed by atoms with E-state index in [4.69, 9.17) is 22.4 Å². The van der Waals surface area contributed by atoms with Crippen LogP contribution in [0.4, 0.5) is 44.8 Å². The van der Waals surface area contributed by atoms with Crippen LogP contribution >= 0.6 is 135 Å². The van der Waals surface area contributed by atoms with Gasteiger partial charge in [0.2, 0.25) is 39.3 Å². The molecule has 0 radical (unpaired) electrons. The van der Waals surface area contributed by atoms with E-state index in [1.54, 1.807) is 198 Å². The Balaban J connectivity index is 0.000000156. The van der Waals surface area contributed by atoms with Crippen LogP contribution in [-0.2, 0) is 287 Å². The summed E-state index contributed by atoms with van der Waals surface area (Å²) < 4.78 is 114. The molecule has 5 aliphatic heterocycles. The van der Waals surface area contributed by atoms with Crippen molar-refractivity contribution in [3.8, 4) is 20.9 Å². The van der Waals surface area contributed by atoms with Crippen LogP contribution in [-0.4, -0.2) is 33.7 Å². The fraction of sp³-hybridized carbons (Fsp3) is 0.111. The lowest BCUT2D eigenvalue weighted by molar-refractivity contribution is 0.570. The van der Waals surface area contributed by atoms with Gasteiger partial charge in [-0.15, -0.1) is 81.1 Å². The lowest BCUT2D eigenvalue weighted by atomic mass is 9.73. The van der Waals surface area contributed by atoms with E-state index in [0.717, 1.165) is 78.2 Å². The van der Waals surface area contributed by atoms with Crippen LogP contribution < -0.4 is 15.1 Å². The highest BCUT2D eigenvalue weighted by Gasteiger charge is 2.45. The normalized spacial score (nSPS) is 15.1. The van der Waals surface area contributed by atoms with Crippen LogP contribution in [0.5, 0.6) is 0 Å². The number of anilines is 8. The summed E-state index contributed by atoms with van der Waals surface area (Å²) in [7, 11) is 31.1. The molecule has 1 N–H and O–H groups in total. The van der Waals surface area contributed by atoms with Crippen LogP contribution in [0.3, 0.4) is 0 Å². The molecule has 10 aromatic carbocycles. The maximum Gasteiger partial charge on any atom is 0.209 e. The monoisotopic (exact) mass is 2640 g/mol. The third kappa shape index (κ3) is 24.1. The maximum atomic E-state index is 14.0. The Kier molecular flexibility index (Phi) is 40.5. The minimum Gasteiger partial charge on any atom is -0.355 e. The van der Waals surface area contributed by atoms with E-state index >= 15 is 0 Å². The molecule has 14 aromatic rings. The number of hydrogen-bond acceptors (Lipinski definition) is 19. The van der Waals surface area contributed by atoms with Crippen molar-refractivity contribution in [1.29, 1.82) is 0 Å².